The number of likely N-dealkylation sites (tertiary alicyclic amines) is 1. The molecule has 4 rings (SSSR count). The number of hydrogen-bond donors (Lipinski definition) is 2. The van der Waals surface area contributed by atoms with Gasteiger partial charge in [0.2, 0.25) is 5.91 Å². The zero-order valence-corrected chi connectivity index (χ0v) is 18.4. The van der Waals surface area contributed by atoms with Crippen molar-refractivity contribution < 1.29 is 9.59 Å². The third-order valence-electron chi connectivity index (χ3n) is 5.57. The normalized spacial score (nSPS) is 16.4. The van der Waals surface area contributed by atoms with Crippen molar-refractivity contribution in [2.24, 2.45) is 0 Å². The van der Waals surface area contributed by atoms with Crippen LogP contribution in [0.3, 0.4) is 0 Å². The Labute approximate surface area is 189 Å². The molecule has 1 saturated heterocycles. The second kappa shape index (κ2) is 11.8. The second-order valence-corrected chi connectivity index (χ2v) is 7.75. The van der Waals surface area contributed by atoms with Crippen molar-refractivity contribution in [3.63, 3.8) is 0 Å². The number of aromatic nitrogens is 1. The number of carbonyl (C=O) groups is 2. The summed E-state index contributed by atoms with van der Waals surface area (Å²) >= 11 is 0. The maximum atomic E-state index is 13.2. The highest BCUT2D eigenvalue weighted by Crippen LogP contribution is 2.32. The molecule has 1 amide bonds. The van der Waals surface area contributed by atoms with Crippen molar-refractivity contribution in [3.8, 4) is 0 Å². The van der Waals surface area contributed by atoms with E-state index in [4.69, 9.17) is 5.73 Å². The average Bonchev–Trinajstić information content (AvgIpc) is 2.86. The summed E-state index contributed by atoms with van der Waals surface area (Å²) in [5.74, 6) is 0.146. The Bertz CT molecular complexity index is 995. The van der Waals surface area contributed by atoms with Gasteiger partial charge in [0.1, 0.15) is 12.3 Å². The first-order chi connectivity index (χ1) is 15.6. The smallest absolute Gasteiger partial charge is 0.244 e. The van der Waals surface area contributed by atoms with Crippen LogP contribution in [-0.4, -0.2) is 35.7 Å². The number of carbonyl (C=O) groups excluding carboxylic acids is 2. The molecule has 6 heteroatoms. The van der Waals surface area contributed by atoms with Crippen LogP contribution in [0.2, 0.25) is 0 Å². The SMILES string of the molecule is CNC(C(=O)N1CCCCC1c1cccnc1)c1ccccc1.Nc1cccc(C=O)c1. The van der Waals surface area contributed by atoms with Crippen molar-refractivity contribution >= 4 is 17.9 Å². The van der Waals surface area contributed by atoms with Gasteiger partial charge in [-0.25, -0.2) is 0 Å². The van der Waals surface area contributed by atoms with Gasteiger partial charge in [0.05, 0.1) is 6.04 Å². The van der Waals surface area contributed by atoms with Crippen LogP contribution in [0.4, 0.5) is 5.69 Å². The van der Waals surface area contributed by atoms with Crippen LogP contribution >= 0.6 is 0 Å². The minimum absolute atomic E-state index is 0.129. The van der Waals surface area contributed by atoms with Crippen LogP contribution in [0.1, 0.15) is 52.8 Å². The first kappa shape index (κ1) is 23.2. The van der Waals surface area contributed by atoms with Gasteiger partial charge in [-0.1, -0.05) is 48.5 Å². The van der Waals surface area contributed by atoms with Gasteiger partial charge in [0, 0.05) is 30.2 Å². The number of hydrogen-bond acceptors (Lipinski definition) is 5. The number of amides is 1. The number of pyridine rings is 1. The highest BCUT2D eigenvalue weighted by molar-refractivity contribution is 5.84. The van der Waals surface area contributed by atoms with E-state index in [1.54, 1.807) is 30.5 Å². The molecule has 0 saturated carbocycles. The molecule has 2 heterocycles. The number of piperidine rings is 1. The summed E-state index contributed by atoms with van der Waals surface area (Å²) in [6.07, 6.45) is 7.65. The molecule has 2 aromatic carbocycles. The fourth-order valence-electron chi connectivity index (χ4n) is 3.99. The van der Waals surface area contributed by atoms with E-state index in [1.807, 2.05) is 54.5 Å². The van der Waals surface area contributed by atoms with Gasteiger partial charge in [-0.05, 0) is 55.6 Å². The molecular formula is C26H30N4O2. The fraction of sp³-hybridized carbons (Fsp3) is 0.269. The Balaban J connectivity index is 0.000000269. The first-order valence-electron chi connectivity index (χ1n) is 10.9. The van der Waals surface area contributed by atoms with Crippen molar-refractivity contribution in [2.75, 3.05) is 19.3 Å². The predicted octanol–water partition coefficient (Wildman–Crippen LogP) is 4.18. The molecule has 3 N–H and O–H groups in total. The molecule has 3 aromatic rings. The lowest BCUT2D eigenvalue weighted by molar-refractivity contribution is -0.137. The van der Waals surface area contributed by atoms with E-state index in [-0.39, 0.29) is 18.0 Å². The average molecular weight is 431 g/mol. The van der Waals surface area contributed by atoms with E-state index in [1.165, 1.54) is 0 Å². The van der Waals surface area contributed by atoms with Crippen LogP contribution in [0, 0.1) is 0 Å². The van der Waals surface area contributed by atoms with E-state index >= 15 is 0 Å². The molecule has 2 unspecified atom stereocenters. The van der Waals surface area contributed by atoms with Crippen LogP contribution in [0.15, 0.2) is 79.1 Å². The van der Waals surface area contributed by atoms with E-state index in [0.29, 0.717) is 11.3 Å². The Hall–Kier alpha value is -3.51. The molecule has 0 spiro atoms. The molecule has 2 atom stereocenters. The molecule has 1 aliphatic heterocycles. The Morgan fingerprint density at radius 1 is 1.12 bits per heavy atom. The number of nitrogens with one attached hydrogen (secondary N) is 1. The Morgan fingerprint density at radius 3 is 2.56 bits per heavy atom. The van der Waals surface area contributed by atoms with E-state index in [0.717, 1.165) is 43.2 Å². The number of benzene rings is 2. The Kier molecular flexibility index (Phi) is 8.52. The number of nitrogens with zero attached hydrogens (tertiary/aromatic N) is 2. The van der Waals surface area contributed by atoms with Crippen molar-refractivity contribution in [1.82, 2.24) is 15.2 Å². The molecule has 0 radical (unpaired) electrons. The van der Waals surface area contributed by atoms with Crippen LogP contribution < -0.4 is 11.1 Å². The quantitative estimate of drug-likeness (QED) is 0.468. The van der Waals surface area contributed by atoms with Crippen molar-refractivity contribution in [3.05, 3.63) is 95.8 Å². The van der Waals surface area contributed by atoms with Gasteiger partial charge in [0.25, 0.3) is 0 Å². The zero-order chi connectivity index (χ0) is 22.8. The molecule has 0 aliphatic carbocycles. The molecular weight excluding hydrogens is 400 g/mol. The monoisotopic (exact) mass is 430 g/mol. The maximum absolute atomic E-state index is 13.2. The Morgan fingerprint density at radius 2 is 1.94 bits per heavy atom. The van der Waals surface area contributed by atoms with Crippen LogP contribution in [0.5, 0.6) is 0 Å². The molecule has 0 bridgehead atoms. The van der Waals surface area contributed by atoms with E-state index < -0.39 is 0 Å². The predicted molar refractivity (Wildman–Crippen MR) is 127 cm³/mol. The van der Waals surface area contributed by atoms with Gasteiger partial charge in [-0.15, -0.1) is 0 Å². The van der Waals surface area contributed by atoms with Crippen molar-refractivity contribution in [2.45, 2.75) is 31.3 Å². The standard InChI is InChI=1S/C19H23N3O.C7H7NO/c1-20-18(15-8-3-2-4-9-15)19(23)22-13-6-5-11-17(22)16-10-7-12-21-14-16;8-7-3-1-2-6(4-7)5-9/h2-4,7-10,12,14,17-18,20H,5-6,11,13H2,1H3;1-5H,8H2. The number of likely N-dealkylation sites (N-methyl/N-ethyl adjacent to an activating group) is 1. The van der Waals surface area contributed by atoms with Gasteiger partial charge < -0.3 is 16.0 Å². The summed E-state index contributed by atoms with van der Waals surface area (Å²) in [6.45, 7) is 0.809. The molecule has 32 heavy (non-hydrogen) atoms. The molecule has 6 nitrogen and oxygen atoms in total. The maximum Gasteiger partial charge on any atom is 0.244 e. The lowest BCUT2D eigenvalue weighted by atomic mass is 9.94. The minimum Gasteiger partial charge on any atom is -0.399 e. The third-order valence-corrected chi connectivity index (χ3v) is 5.57. The minimum atomic E-state index is -0.298. The summed E-state index contributed by atoms with van der Waals surface area (Å²) in [5, 5.41) is 3.18. The van der Waals surface area contributed by atoms with Gasteiger partial charge in [0.15, 0.2) is 0 Å². The molecule has 166 valence electrons. The summed E-state index contributed by atoms with van der Waals surface area (Å²) < 4.78 is 0. The number of aldehydes is 1. The van der Waals surface area contributed by atoms with Gasteiger partial charge in [-0.3, -0.25) is 14.6 Å². The lowest BCUT2D eigenvalue weighted by Gasteiger charge is -2.38. The van der Waals surface area contributed by atoms with Crippen LogP contribution in [-0.2, 0) is 4.79 Å². The second-order valence-electron chi connectivity index (χ2n) is 7.75. The molecule has 1 aliphatic rings. The lowest BCUT2D eigenvalue weighted by Crippen LogP contribution is -2.44. The number of nitrogens with two attached hydrogens (primary N) is 1. The van der Waals surface area contributed by atoms with E-state index in [9.17, 15) is 9.59 Å². The van der Waals surface area contributed by atoms with Crippen LogP contribution in [0.25, 0.3) is 0 Å². The third kappa shape index (κ3) is 6.02. The molecule has 1 aromatic heterocycles. The highest BCUT2D eigenvalue weighted by atomic mass is 16.2. The van der Waals surface area contributed by atoms with Gasteiger partial charge in [-0.2, -0.15) is 0 Å². The van der Waals surface area contributed by atoms with Gasteiger partial charge >= 0.3 is 0 Å². The topological polar surface area (TPSA) is 88.3 Å². The van der Waals surface area contributed by atoms with E-state index in [2.05, 4.69) is 16.4 Å². The summed E-state index contributed by atoms with van der Waals surface area (Å²) in [6, 6.07) is 20.6. The first-order valence-corrected chi connectivity index (χ1v) is 10.9. The summed E-state index contributed by atoms with van der Waals surface area (Å²) in [4.78, 5) is 29.5. The zero-order valence-electron chi connectivity index (χ0n) is 18.4. The number of nitrogen functional groups attached to an aromatic ring is 1. The fourth-order valence-corrected chi connectivity index (χ4v) is 3.99. The summed E-state index contributed by atoms with van der Waals surface area (Å²) in [7, 11) is 1.85. The largest absolute Gasteiger partial charge is 0.399 e. The highest BCUT2D eigenvalue weighted by Gasteiger charge is 2.32. The molecule has 1 fully saturated rings. The summed E-state index contributed by atoms with van der Waals surface area (Å²) in [5.41, 5.74) is 8.76. The number of anilines is 1. The number of rotatable bonds is 5. The van der Waals surface area contributed by atoms with Crippen molar-refractivity contribution in [1.29, 1.82) is 0 Å².